The lowest BCUT2D eigenvalue weighted by Gasteiger charge is -2.40. The van der Waals surface area contributed by atoms with Gasteiger partial charge in [0.05, 0.1) is 18.8 Å². The fourth-order valence-electron chi connectivity index (χ4n) is 3.55. The van der Waals surface area contributed by atoms with Crippen LogP contribution in [0.15, 0.2) is 53.3 Å². The maximum atomic E-state index is 13.4. The molecule has 3 N–H and O–H groups in total. The number of pyridine rings is 1. The molecule has 0 amide bonds. The highest BCUT2D eigenvalue weighted by molar-refractivity contribution is 5.88. The second kappa shape index (κ2) is 7.91. The summed E-state index contributed by atoms with van der Waals surface area (Å²) in [5.41, 5.74) is -2.00. The van der Waals surface area contributed by atoms with Crippen LogP contribution in [-0.2, 0) is 15.7 Å². The van der Waals surface area contributed by atoms with E-state index < -0.39 is 28.7 Å². The van der Waals surface area contributed by atoms with Crippen molar-refractivity contribution in [2.75, 3.05) is 25.1 Å². The van der Waals surface area contributed by atoms with E-state index in [1.54, 1.807) is 32.0 Å². The van der Waals surface area contributed by atoms with E-state index in [9.17, 15) is 23.1 Å². The molecule has 6 nitrogen and oxygen atoms in total. The van der Waals surface area contributed by atoms with Crippen LogP contribution >= 0.6 is 0 Å². The number of anilines is 1. The zero-order valence-corrected chi connectivity index (χ0v) is 17.5. The number of hydrogen-bond acceptors (Lipinski definition) is 5. The van der Waals surface area contributed by atoms with Crippen LogP contribution in [-0.4, -0.2) is 41.2 Å². The first-order valence-corrected chi connectivity index (χ1v) is 10.0. The second-order valence-electron chi connectivity index (χ2n) is 8.41. The standard InChI is InChI=1S/C23H23F3N2O4/c1-21(2)31-12-22(30,13-32-21)11-27-15-8-7-14-9-19(28-20(29)17(14)10-15)16-5-3-4-6-18(16)23(24,25)26/h3-10,27,30H,11-13H2,1-2H3,(H,28,29). The van der Waals surface area contributed by atoms with Gasteiger partial charge in [0.1, 0.15) is 5.60 Å². The van der Waals surface area contributed by atoms with Crippen molar-refractivity contribution in [2.45, 2.75) is 31.4 Å². The molecule has 3 aromatic rings. The van der Waals surface area contributed by atoms with E-state index in [1.165, 1.54) is 24.3 Å². The van der Waals surface area contributed by atoms with Gasteiger partial charge in [-0.25, -0.2) is 0 Å². The van der Waals surface area contributed by atoms with E-state index in [2.05, 4.69) is 10.3 Å². The number of aliphatic hydroxyl groups is 1. The third-order valence-corrected chi connectivity index (χ3v) is 5.37. The van der Waals surface area contributed by atoms with Crippen LogP contribution in [0.1, 0.15) is 19.4 Å². The Kier molecular flexibility index (Phi) is 5.52. The van der Waals surface area contributed by atoms with Crippen LogP contribution in [0.5, 0.6) is 0 Å². The highest BCUT2D eigenvalue weighted by atomic mass is 19.4. The SMILES string of the molecule is CC1(C)OCC(O)(CNc2ccc3cc(-c4ccccc4C(F)(F)F)[nH]c(=O)c3c2)CO1. The van der Waals surface area contributed by atoms with E-state index in [-0.39, 0.29) is 31.0 Å². The van der Waals surface area contributed by atoms with E-state index >= 15 is 0 Å². The Morgan fingerprint density at radius 2 is 1.78 bits per heavy atom. The van der Waals surface area contributed by atoms with Crippen molar-refractivity contribution >= 4 is 16.5 Å². The summed E-state index contributed by atoms with van der Waals surface area (Å²) < 4.78 is 51.1. The van der Waals surface area contributed by atoms with E-state index in [1.807, 2.05) is 0 Å². The predicted molar refractivity (Wildman–Crippen MR) is 114 cm³/mol. The molecule has 1 fully saturated rings. The molecule has 9 heteroatoms. The average molecular weight is 448 g/mol. The van der Waals surface area contributed by atoms with Gasteiger partial charge in [-0.1, -0.05) is 24.3 Å². The highest BCUT2D eigenvalue weighted by Crippen LogP contribution is 2.36. The molecule has 0 unspecified atom stereocenters. The molecule has 0 spiro atoms. The van der Waals surface area contributed by atoms with Gasteiger partial charge >= 0.3 is 6.18 Å². The molecule has 2 heterocycles. The number of ether oxygens (including phenoxy) is 2. The third-order valence-electron chi connectivity index (χ3n) is 5.37. The number of halogens is 3. The lowest BCUT2D eigenvalue weighted by atomic mass is 10.0. The van der Waals surface area contributed by atoms with Gasteiger partial charge < -0.3 is 24.9 Å². The minimum absolute atomic E-state index is 0.0864. The summed E-state index contributed by atoms with van der Waals surface area (Å²) in [7, 11) is 0. The Balaban J connectivity index is 1.60. The summed E-state index contributed by atoms with van der Waals surface area (Å²) in [6, 6.07) is 11.6. The highest BCUT2D eigenvalue weighted by Gasteiger charge is 2.38. The summed E-state index contributed by atoms with van der Waals surface area (Å²) in [5, 5.41) is 14.5. The van der Waals surface area contributed by atoms with Crippen molar-refractivity contribution < 1.29 is 27.8 Å². The molecule has 0 atom stereocenters. The first-order chi connectivity index (χ1) is 15.0. The molecule has 1 saturated heterocycles. The van der Waals surface area contributed by atoms with Gasteiger partial charge in [-0.15, -0.1) is 0 Å². The Bertz CT molecular complexity index is 1190. The van der Waals surface area contributed by atoms with Gasteiger partial charge in [0, 0.05) is 28.9 Å². The van der Waals surface area contributed by atoms with Crippen molar-refractivity contribution in [2.24, 2.45) is 0 Å². The van der Waals surface area contributed by atoms with Gasteiger partial charge in [-0.05, 0) is 43.5 Å². The van der Waals surface area contributed by atoms with E-state index in [4.69, 9.17) is 9.47 Å². The van der Waals surface area contributed by atoms with Crippen molar-refractivity contribution in [1.82, 2.24) is 4.98 Å². The lowest BCUT2D eigenvalue weighted by molar-refractivity contribution is -0.297. The number of aromatic amines is 1. The fraction of sp³-hybridized carbons (Fsp3) is 0.348. The number of alkyl halides is 3. The number of H-pyrrole nitrogens is 1. The number of nitrogens with one attached hydrogen (secondary N) is 2. The Hall–Kier alpha value is -2.88. The second-order valence-corrected chi connectivity index (χ2v) is 8.41. The molecule has 2 aromatic carbocycles. The summed E-state index contributed by atoms with van der Waals surface area (Å²) in [4.78, 5) is 15.2. The summed E-state index contributed by atoms with van der Waals surface area (Å²) in [6.45, 7) is 3.82. The summed E-state index contributed by atoms with van der Waals surface area (Å²) >= 11 is 0. The first kappa shape index (κ1) is 22.3. The van der Waals surface area contributed by atoms with Crippen LogP contribution < -0.4 is 10.9 Å². The number of rotatable bonds is 4. The third kappa shape index (κ3) is 4.64. The summed E-state index contributed by atoms with van der Waals surface area (Å²) in [6.07, 6.45) is -4.54. The quantitative estimate of drug-likeness (QED) is 0.559. The maximum Gasteiger partial charge on any atom is 0.417 e. The minimum atomic E-state index is -4.54. The fourth-order valence-corrected chi connectivity index (χ4v) is 3.55. The minimum Gasteiger partial charge on any atom is -0.383 e. The maximum absolute atomic E-state index is 13.4. The first-order valence-electron chi connectivity index (χ1n) is 10.0. The normalized spacial score (nSPS) is 17.9. The van der Waals surface area contributed by atoms with Crippen LogP contribution in [0.2, 0.25) is 0 Å². The largest absolute Gasteiger partial charge is 0.417 e. The zero-order valence-electron chi connectivity index (χ0n) is 17.5. The molecular weight excluding hydrogens is 425 g/mol. The molecule has 0 bridgehead atoms. The molecule has 1 aromatic heterocycles. The van der Waals surface area contributed by atoms with Gasteiger partial charge in [0.15, 0.2) is 5.79 Å². The molecule has 170 valence electrons. The Morgan fingerprint density at radius 3 is 2.47 bits per heavy atom. The van der Waals surface area contributed by atoms with Gasteiger partial charge in [0.2, 0.25) is 0 Å². The molecule has 32 heavy (non-hydrogen) atoms. The number of benzene rings is 2. The Morgan fingerprint density at radius 1 is 1.09 bits per heavy atom. The van der Waals surface area contributed by atoms with E-state index in [0.717, 1.165) is 6.07 Å². The number of aromatic nitrogens is 1. The van der Waals surface area contributed by atoms with Crippen LogP contribution in [0.4, 0.5) is 18.9 Å². The van der Waals surface area contributed by atoms with Crippen molar-refractivity contribution in [3.63, 3.8) is 0 Å². The molecular formula is C23H23F3N2O4. The van der Waals surface area contributed by atoms with Crippen molar-refractivity contribution in [3.8, 4) is 11.3 Å². The van der Waals surface area contributed by atoms with Crippen LogP contribution in [0.25, 0.3) is 22.0 Å². The molecule has 0 saturated carbocycles. The van der Waals surface area contributed by atoms with Crippen LogP contribution in [0.3, 0.4) is 0 Å². The van der Waals surface area contributed by atoms with Crippen molar-refractivity contribution in [3.05, 3.63) is 64.4 Å². The van der Waals surface area contributed by atoms with E-state index in [0.29, 0.717) is 16.5 Å². The predicted octanol–water partition coefficient (Wildman–Crippen LogP) is 4.14. The van der Waals surface area contributed by atoms with Crippen LogP contribution in [0, 0.1) is 0 Å². The molecule has 1 aliphatic rings. The molecule has 0 aliphatic carbocycles. The smallest absolute Gasteiger partial charge is 0.383 e. The number of fused-ring (bicyclic) bond motifs is 1. The van der Waals surface area contributed by atoms with Crippen molar-refractivity contribution in [1.29, 1.82) is 0 Å². The monoisotopic (exact) mass is 448 g/mol. The molecule has 1 aliphatic heterocycles. The van der Waals surface area contributed by atoms with Gasteiger partial charge in [0.25, 0.3) is 5.56 Å². The number of hydrogen-bond donors (Lipinski definition) is 3. The average Bonchev–Trinajstić information content (AvgIpc) is 2.74. The molecule has 4 rings (SSSR count). The summed E-state index contributed by atoms with van der Waals surface area (Å²) in [5.74, 6) is -0.759. The molecule has 0 radical (unpaired) electrons. The topological polar surface area (TPSA) is 83.6 Å². The lowest BCUT2D eigenvalue weighted by Crippen LogP contribution is -2.54. The van der Waals surface area contributed by atoms with Gasteiger partial charge in [-0.3, -0.25) is 4.79 Å². The Labute approximate surface area is 182 Å². The van der Waals surface area contributed by atoms with Gasteiger partial charge in [-0.2, -0.15) is 13.2 Å². The zero-order chi connectivity index (χ0) is 23.1.